The fourth-order valence-electron chi connectivity index (χ4n) is 1.89. The highest BCUT2D eigenvalue weighted by Crippen LogP contribution is 2.33. The van der Waals surface area contributed by atoms with Crippen molar-refractivity contribution in [1.29, 1.82) is 0 Å². The molecule has 2 rings (SSSR count). The highest BCUT2D eigenvalue weighted by atomic mass is 35.5. The Balaban J connectivity index is 2.12. The minimum Gasteiger partial charge on any atom is -0.493 e. The molecule has 2 aromatic rings. The van der Waals surface area contributed by atoms with Gasteiger partial charge in [-0.1, -0.05) is 11.6 Å². The maximum atomic E-state index is 11.1. The minimum absolute atomic E-state index is 0.374. The first-order valence-corrected chi connectivity index (χ1v) is 6.46. The number of nitrogens with zero attached hydrogens (tertiary/aromatic N) is 2. The molecule has 106 valence electrons. The van der Waals surface area contributed by atoms with Gasteiger partial charge in [-0.25, -0.2) is 0 Å². The van der Waals surface area contributed by atoms with Crippen molar-refractivity contribution in [1.82, 2.24) is 9.78 Å². The Morgan fingerprint density at radius 2 is 2.25 bits per heavy atom. The molecule has 0 saturated carbocycles. The molecule has 0 fully saturated rings. The molecule has 0 atom stereocenters. The monoisotopic (exact) mass is 294 g/mol. The molecule has 0 aliphatic carbocycles. The Hall–Kier alpha value is -2.01. The summed E-state index contributed by atoms with van der Waals surface area (Å²) in [5.41, 5.74) is 1.42. The van der Waals surface area contributed by atoms with Crippen LogP contribution in [0.5, 0.6) is 11.5 Å². The zero-order chi connectivity index (χ0) is 14.5. The van der Waals surface area contributed by atoms with Crippen molar-refractivity contribution >= 4 is 17.9 Å². The summed E-state index contributed by atoms with van der Waals surface area (Å²) in [5, 5.41) is 4.52. The molecule has 5 nitrogen and oxygen atoms in total. The SMILES string of the molecule is COc1cc(Cl)cc(C=O)c1OCCc1ccnn1C. The quantitative estimate of drug-likeness (QED) is 0.768. The van der Waals surface area contributed by atoms with Gasteiger partial charge in [-0.05, 0) is 12.1 Å². The Morgan fingerprint density at radius 1 is 1.45 bits per heavy atom. The van der Waals surface area contributed by atoms with Gasteiger partial charge in [0.15, 0.2) is 17.8 Å². The van der Waals surface area contributed by atoms with E-state index in [-0.39, 0.29) is 0 Å². The predicted molar refractivity (Wildman–Crippen MR) is 75.8 cm³/mol. The number of carbonyl (C=O) groups is 1. The molecule has 1 aromatic carbocycles. The lowest BCUT2D eigenvalue weighted by molar-refractivity contribution is 0.111. The first-order valence-electron chi connectivity index (χ1n) is 6.08. The highest BCUT2D eigenvalue weighted by Gasteiger charge is 2.12. The van der Waals surface area contributed by atoms with Gasteiger partial charge in [-0.2, -0.15) is 5.10 Å². The topological polar surface area (TPSA) is 53.4 Å². The number of ether oxygens (including phenoxy) is 2. The molecule has 0 amide bonds. The van der Waals surface area contributed by atoms with Gasteiger partial charge < -0.3 is 9.47 Å². The third-order valence-electron chi connectivity index (χ3n) is 2.92. The van der Waals surface area contributed by atoms with Gasteiger partial charge >= 0.3 is 0 Å². The average Bonchev–Trinajstić information content (AvgIpc) is 2.85. The third-order valence-corrected chi connectivity index (χ3v) is 3.14. The molecule has 1 aromatic heterocycles. The molecule has 0 radical (unpaired) electrons. The van der Waals surface area contributed by atoms with E-state index >= 15 is 0 Å². The van der Waals surface area contributed by atoms with Crippen molar-refractivity contribution in [2.75, 3.05) is 13.7 Å². The van der Waals surface area contributed by atoms with Crippen molar-refractivity contribution in [3.05, 3.63) is 40.7 Å². The molecule has 0 saturated heterocycles. The molecular formula is C14H15ClN2O3. The number of methoxy groups -OCH3 is 1. The van der Waals surface area contributed by atoms with Crippen LogP contribution in [-0.2, 0) is 13.5 Å². The molecule has 0 spiro atoms. The van der Waals surface area contributed by atoms with E-state index in [0.717, 1.165) is 5.69 Å². The number of aryl methyl sites for hydroxylation is 1. The summed E-state index contributed by atoms with van der Waals surface area (Å²) in [6.07, 6.45) is 3.11. The number of rotatable bonds is 6. The second-order valence-electron chi connectivity index (χ2n) is 4.19. The minimum atomic E-state index is 0.374. The van der Waals surface area contributed by atoms with Crippen LogP contribution in [0, 0.1) is 0 Å². The highest BCUT2D eigenvalue weighted by molar-refractivity contribution is 6.31. The smallest absolute Gasteiger partial charge is 0.171 e. The third kappa shape index (κ3) is 3.11. The summed E-state index contributed by atoms with van der Waals surface area (Å²) in [6.45, 7) is 0.415. The second-order valence-corrected chi connectivity index (χ2v) is 4.63. The molecule has 0 aliphatic heterocycles. The van der Waals surface area contributed by atoms with Crippen LogP contribution in [0.2, 0.25) is 5.02 Å². The summed E-state index contributed by atoms with van der Waals surface area (Å²) in [7, 11) is 3.38. The molecule has 0 aliphatic rings. The van der Waals surface area contributed by atoms with E-state index in [2.05, 4.69) is 5.10 Å². The van der Waals surface area contributed by atoms with Crippen molar-refractivity contribution in [3.8, 4) is 11.5 Å². The van der Waals surface area contributed by atoms with Gasteiger partial charge in [0.1, 0.15) is 0 Å². The average molecular weight is 295 g/mol. The molecular weight excluding hydrogens is 280 g/mol. The first-order chi connectivity index (χ1) is 9.65. The van der Waals surface area contributed by atoms with Gasteiger partial charge in [-0.3, -0.25) is 9.48 Å². The Labute approximate surface area is 122 Å². The lowest BCUT2D eigenvalue weighted by Gasteiger charge is -2.13. The van der Waals surface area contributed by atoms with Crippen molar-refractivity contribution in [2.45, 2.75) is 6.42 Å². The van der Waals surface area contributed by atoms with Crippen molar-refractivity contribution in [3.63, 3.8) is 0 Å². The molecule has 0 bridgehead atoms. The first kappa shape index (κ1) is 14.4. The van der Waals surface area contributed by atoms with Crippen LogP contribution in [0.15, 0.2) is 24.4 Å². The van der Waals surface area contributed by atoms with Crippen LogP contribution in [0.1, 0.15) is 16.1 Å². The fraction of sp³-hybridized carbons (Fsp3) is 0.286. The number of hydrogen-bond acceptors (Lipinski definition) is 4. The van der Waals surface area contributed by atoms with E-state index in [1.165, 1.54) is 7.11 Å². The zero-order valence-electron chi connectivity index (χ0n) is 11.3. The number of halogens is 1. The van der Waals surface area contributed by atoms with Gasteiger partial charge in [0, 0.05) is 36.4 Å². The molecule has 1 heterocycles. The van der Waals surface area contributed by atoms with E-state index < -0.39 is 0 Å². The Bertz CT molecular complexity index is 610. The summed E-state index contributed by atoms with van der Waals surface area (Å²) in [5.74, 6) is 0.860. The van der Waals surface area contributed by atoms with Gasteiger partial charge in [0.05, 0.1) is 19.3 Å². The normalized spacial score (nSPS) is 10.3. The summed E-state index contributed by atoms with van der Waals surface area (Å²) < 4.78 is 12.7. The van der Waals surface area contributed by atoms with Crippen LogP contribution >= 0.6 is 11.6 Å². The standard InChI is InChI=1S/C14H15ClN2O3/c1-17-12(3-5-16-17)4-6-20-14-10(9-18)7-11(15)8-13(14)19-2/h3,5,7-9H,4,6H2,1-2H3. The van der Waals surface area contributed by atoms with Crippen LogP contribution in [-0.4, -0.2) is 29.8 Å². The molecule has 0 unspecified atom stereocenters. The van der Waals surface area contributed by atoms with E-state index in [1.807, 2.05) is 13.1 Å². The van der Waals surface area contributed by atoms with Crippen LogP contribution in [0.25, 0.3) is 0 Å². The van der Waals surface area contributed by atoms with Crippen LogP contribution in [0.4, 0.5) is 0 Å². The number of aromatic nitrogens is 2. The lowest BCUT2D eigenvalue weighted by Crippen LogP contribution is -2.08. The molecule has 0 N–H and O–H groups in total. The number of aldehydes is 1. The zero-order valence-corrected chi connectivity index (χ0v) is 12.1. The Morgan fingerprint density at radius 3 is 2.85 bits per heavy atom. The van der Waals surface area contributed by atoms with Gasteiger partial charge in [0.2, 0.25) is 0 Å². The van der Waals surface area contributed by atoms with Crippen LogP contribution < -0.4 is 9.47 Å². The summed E-state index contributed by atoms with van der Waals surface area (Å²) in [6, 6.07) is 5.09. The number of hydrogen-bond donors (Lipinski definition) is 0. The maximum absolute atomic E-state index is 11.1. The van der Waals surface area contributed by atoms with Crippen LogP contribution in [0.3, 0.4) is 0 Å². The predicted octanol–water partition coefficient (Wildman–Crippen LogP) is 2.52. The second kappa shape index (κ2) is 6.43. The lowest BCUT2D eigenvalue weighted by atomic mass is 10.2. The molecule has 6 heteroatoms. The number of carbonyl (C=O) groups excluding carboxylic acids is 1. The summed E-state index contributed by atoms with van der Waals surface area (Å²) >= 11 is 5.91. The van der Waals surface area contributed by atoms with Crippen molar-refractivity contribution < 1.29 is 14.3 Å². The van der Waals surface area contributed by atoms with Gasteiger partial charge in [-0.15, -0.1) is 0 Å². The fourth-order valence-corrected chi connectivity index (χ4v) is 2.10. The van der Waals surface area contributed by atoms with E-state index in [0.29, 0.717) is 41.4 Å². The summed E-state index contributed by atoms with van der Waals surface area (Å²) in [4.78, 5) is 11.1. The maximum Gasteiger partial charge on any atom is 0.171 e. The Kier molecular flexibility index (Phi) is 4.63. The molecule has 20 heavy (non-hydrogen) atoms. The van der Waals surface area contributed by atoms with Crippen molar-refractivity contribution in [2.24, 2.45) is 7.05 Å². The number of benzene rings is 1. The van der Waals surface area contributed by atoms with Gasteiger partial charge in [0.25, 0.3) is 0 Å². The van der Waals surface area contributed by atoms with E-state index in [1.54, 1.807) is 23.0 Å². The van der Waals surface area contributed by atoms with E-state index in [4.69, 9.17) is 21.1 Å². The largest absolute Gasteiger partial charge is 0.493 e. The van der Waals surface area contributed by atoms with E-state index in [9.17, 15) is 4.79 Å².